The number of aromatic nitrogens is 2. The maximum atomic E-state index is 5.57. The molecule has 2 N–H and O–H groups in total. The van der Waals surface area contributed by atoms with Crippen LogP contribution in [0.5, 0.6) is 0 Å². The summed E-state index contributed by atoms with van der Waals surface area (Å²) >= 11 is 0. The van der Waals surface area contributed by atoms with Gasteiger partial charge in [-0.2, -0.15) is 5.10 Å². The average molecular weight is 165 g/mol. The van der Waals surface area contributed by atoms with Crippen molar-refractivity contribution in [3.05, 3.63) is 11.9 Å². The summed E-state index contributed by atoms with van der Waals surface area (Å²) in [4.78, 5) is 7.84. The lowest BCUT2D eigenvalue weighted by molar-refractivity contribution is 0.959. The van der Waals surface area contributed by atoms with Crippen molar-refractivity contribution < 1.29 is 0 Å². The molecule has 0 aromatic carbocycles. The van der Waals surface area contributed by atoms with Crippen LogP contribution in [0.2, 0.25) is 0 Å². The minimum atomic E-state index is 0.468. The molecule has 0 aliphatic heterocycles. The molecule has 0 amide bonds. The van der Waals surface area contributed by atoms with Crippen LogP contribution in [0.1, 0.15) is 5.56 Å². The summed E-state index contributed by atoms with van der Waals surface area (Å²) in [5.74, 6) is 1.15. The van der Waals surface area contributed by atoms with E-state index < -0.39 is 0 Å². The third kappa shape index (κ3) is 1.34. The highest BCUT2D eigenvalue weighted by Crippen LogP contribution is 2.18. The van der Waals surface area contributed by atoms with Crippen molar-refractivity contribution in [1.82, 2.24) is 9.97 Å². The summed E-state index contributed by atoms with van der Waals surface area (Å²) in [7, 11) is 1.75. The maximum absolute atomic E-state index is 5.57. The van der Waals surface area contributed by atoms with Crippen LogP contribution in [0.25, 0.3) is 0 Å². The molecule has 1 heterocycles. The van der Waals surface area contributed by atoms with Crippen molar-refractivity contribution in [2.45, 2.75) is 6.92 Å². The molecule has 0 spiro atoms. The van der Waals surface area contributed by atoms with Crippen molar-refractivity contribution in [3.63, 3.8) is 0 Å². The van der Waals surface area contributed by atoms with E-state index in [-0.39, 0.29) is 0 Å². The molecule has 64 valence electrons. The molecule has 12 heavy (non-hydrogen) atoms. The van der Waals surface area contributed by atoms with Crippen molar-refractivity contribution in [3.8, 4) is 0 Å². The fourth-order valence-corrected chi connectivity index (χ4v) is 0.847. The zero-order chi connectivity index (χ0) is 9.14. The summed E-state index contributed by atoms with van der Waals surface area (Å²) in [5.41, 5.74) is 6.39. The highest BCUT2D eigenvalue weighted by molar-refractivity contribution is 5.55. The van der Waals surface area contributed by atoms with E-state index in [0.29, 0.717) is 11.6 Å². The Kier molecular flexibility index (Phi) is 2.23. The third-order valence-corrected chi connectivity index (χ3v) is 1.62. The molecule has 1 aromatic rings. The number of nitrogens with zero attached hydrogens (tertiary/aromatic N) is 4. The highest BCUT2D eigenvalue weighted by Gasteiger charge is 2.06. The Morgan fingerprint density at radius 2 is 2.25 bits per heavy atom. The second-order valence-corrected chi connectivity index (χ2v) is 2.37. The Morgan fingerprint density at radius 1 is 1.58 bits per heavy atom. The number of rotatable bonds is 2. The van der Waals surface area contributed by atoms with Gasteiger partial charge in [0.05, 0.1) is 0 Å². The smallest absolute Gasteiger partial charge is 0.156 e. The van der Waals surface area contributed by atoms with Gasteiger partial charge in [0.25, 0.3) is 0 Å². The van der Waals surface area contributed by atoms with Gasteiger partial charge in [-0.3, -0.25) is 5.01 Å². The predicted molar refractivity (Wildman–Crippen MR) is 49.1 cm³/mol. The van der Waals surface area contributed by atoms with Crippen molar-refractivity contribution in [1.29, 1.82) is 0 Å². The van der Waals surface area contributed by atoms with Gasteiger partial charge in [-0.05, 0) is 6.92 Å². The first kappa shape index (κ1) is 8.45. The van der Waals surface area contributed by atoms with E-state index in [1.54, 1.807) is 12.1 Å². The van der Waals surface area contributed by atoms with Gasteiger partial charge in [0, 0.05) is 19.3 Å². The molecule has 5 heteroatoms. The molecule has 1 rings (SSSR count). The summed E-state index contributed by atoms with van der Waals surface area (Å²) in [6, 6.07) is 0. The molecule has 5 nitrogen and oxygen atoms in total. The Balaban J connectivity index is 3.15. The monoisotopic (exact) mass is 165 g/mol. The molecule has 1 aromatic heterocycles. The Bertz CT molecular complexity index is 296. The molecule has 0 radical (unpaired) electrons. The minimum Gasteiger partial charge on any atom is -0.383 e. The number of nitrogens with two attached hydrogens (primary N) is 1. The Labute approximate surface area is 70.9 Å². The van der Waals surface area contributed by atoms with Gasteiger partial charge >= 0.3 is 0 Å². The Hall–Kier alpha value is -1.65. The van der Waals surface area contributed by atoms with Gasteiger partial charge in [0.2, 0.25) is 0 Å². The molecule has 0 bridgehead atoms. The molecule has 0 fully saturated rings. The van der Waals surface area contributed by atoms with Gasteiger partial charge in [0.1, 0.15) is 12.1 Å². The molecular weight excluding hydrogens is 154 g/mol. The van der Waals surface area contributed by atoms with Gasteiger partial charge in [-0.25, -0.2) is 9.97 Å². The molecule has 0 atom stereocenters. The van der Waals surface area contributed by atoms with E-state index in [0.717, 1.165) is 5.56 Å². The van der Waals surface area contributed by atoms with Crippen molar-refractivity contribution in [2.75, 3.05) is 17.8 Å². The van der Waals surface area contributed by atoms with Crippen LogP contribution in [0, 0.1) is 6.92 Å². The van der Waals surface area contributed by atoms with Gasteiger partial charge in [-0.15, -0.1) is 0 Å². The fourth-order valence-electron chi connectivity index (χ4n) is 0.847. The van der Waals surface area contributed by atoms with Crippen LogP contribution in [-0.2, 0) is 0 Å². The molecular formula is C7H11N5. The SMILES string of the molecule is C=NN(C)c1ncnc(N)c1C. The van der Waals surface area contributed by atoms with E-state index in [1.165, 1.54) is 6.33 Å². The molecule has 0 aliphatic carbocycles. The number of hydrogen-bond donors (Lipinski definition) is 1. The van der Waals surface area contributed by atoms with E-state index in [2.05, 4.69) is 21.8 Å². The van der Waals surface area contributed by atoms with Gasteiger partial charge in [-0.1, -0.05) is 0 Å². The zero-order valence-electron chi connectivity index (χ0n) is 7.15. The summed E-state index contributed by atoms with van der Waals surface area (Å²) in [5, 5.41) is 5.25. The topological polar surface area (TPSA) is 67.4 Å². The molecule has 0 saturated heterocycles. The lowest BCUT2D eigenvalue weighted by Crippen LogP contribution is -2.12. The number of nitrogen functional groups attached to an aromatic ring is 1. The molecule has 0 unspecified atom stereocenters. The standard InChI is InChI=1S/C7H11N5/c1-5-6(8)10-4-11-7(5)12(3)9-2/h4H,2H2,1,3H3,(H2,8,10,11). The van der Waals surface area contributed by atoms with Crippen LogP contribution in [0.4, 0.5) is 11.6 Å². The Morgan fingerprint density at radius 3 is 2.83 bits per heavy atom. The van der Waals surface area contributed by atoms with Crippen LogP contribution in [-0.4, -0.2) is 23.7 Å². The highest BCUT2D eigenvalue weighted by atomic mass is 15.5. The first-order valence-corrected chi connectivity index (χ1v) is 3.44. The van der Waals surface area contributed by atoms with Gasteiger partial charge < -0.3 is 5.73 Å². The molecule has 0 saturated carbocycles. The average Bonchev–Trinajstić information content (AvgIpc) is 2.08. The van der Waals surface area contributed by atoms with Crippen LogP contribution in [0.3, 0.4) is 0 Å². The third-order valence-electron chi connectivity index (χ3n) is 1.62. The first-order chi connectivity index (χ1) is 5.66. The quantitative estimate of drug-likeness (QED) is 0.509. The van der Waals surface area contributed by atoms with E-state index in [9.17, 15) is 0 Å². The first-order valence-electron chi connectivity index (χ1n) is 3.44. The van der Waals surface area contributed by atoms with Crippen molar-refractivity contribution in [2.24, 2.45) is 5.10 Å². The van der Waals surface area contributed by atoms with E-state index >= 15 is 0 Å². The fraction of sp³-hybridized carbons (Fsp3) is 0.286. The summed E-state index contributed by atoms with van der Waals surface area (Å²) in [6.07, 6.45) is 1.40. The van der Waals surface area contributed by atoms with Crippen LogP contribution >= 0.6 is 0 Å². The lowest BCUT2D eigenvalue weighted by atomic mass is 10.3. The van der Waals surface area contributed by atoms with E-state index in [1.807, 2.05) is 6.92 Å². The minimum absolute atomic E-state index is 0.468. The van der Waals surface area contributed by atoms with Gasteiger partial charge in [0.15, 0.2) is 5.82 Å². The zero-order valence-corrected chi connectivity index (χ0v) is 7.15. The number of hydrazone groups is 1. The summed E-state index contributed by atoms with van der Waals surface area (Å²) in [6.45, 7) is 5.22. The molecule has 0 aliphatic rings. The summed E-state index contributed by atoms with van der Waals surface area (Å²) < 4.78 is 0. The van der Waals surface area contributed by atoms with Crippen LogP contribution < -0.4 is 10.7 Å². The van der Waals surface area contributed by atoms with Crippen molar-refractivity contribution >= 4 is 18.4 Å². The largest absolute Gasteiger partial charge is 0.383 e. The second-order valence-electron chi connectivity index (χ2n) is 2.37. The normalized spacial score (nSPS) is 9.50. The second kappa shape index (κ2) is 3.17. The van der Waals surface area contributed by atoms with Crippen LogP contribution in [0.15, 0.2) is 11.4 Å². The number of anilines is 2. The predicted octanol–water partition coefficient (Wildman–Crippen LogP) is 0.419. The van der Waals surface area contributed by atoms with E-state index in [4.69, 9.17) is 5.73 Å². The lowest BCUT2D eigenvalue weighted by Gasteiger charge is -2.13. The maximum Gasteiger partial charge on any atom is 0.156 e. The number of hydrogen-bond acceptors (Lipinski definition) is 5.